The van der Waals surface area contributed by atoms with Gasteiger partial charge in [0.05, 0.1) is 13.2 Å². The topological polar surface area (TPSA) is 66.8 Å². The molecule has 0 saturated carbocycles. The van der Waals surface area contributed by atoms with Crippen LogP contribution in [0.5, 0.6) is 0 Å². The van der Waals surface area contributed by atoms with Crippen LogP contribution in [-0.2, 0) is 9.53 Å². The maximum Gasteiger partial charge on any atom is 0.192 e. The minimum absolute atomic E-state index is 0.363. The molecule has 13 heavy (non-hydrogen) atoms. The van der Waals surface area contributed by atoms with Crippen LogP contribution in [0.25, 0.3) is 0 Å². The predicted molar refractivity (Wildman–Crippen MR) is 45.9 cm³/mol. The van der Waals surface area contributed by atoms with Gasteiger partial charge in [0.1, 0.15) is 5.76 Å². The van der Waals surface area contributed by atoms with E-state index in [1.807, 2.05) is 0 Å². The summed E-state index contributed by atoms with van der Waals surface area (Å²) in [6, 6.07) is 0. The molecule has 4 nitrogen and oxygen atoms in total. The number of rotatable bonds is 1. The van der Waals surface area contributed by atoms with Gasteiger partial charge in [-0.2, -0.15) is 0 Å². The summed E-state index contributed by atoms with van der Waals surface area (Å²) in [6.45, 7) is 3.00. The number of hydrogen-bond acceptors (Lipinski definition) is 4. The van der Waals surface area contributed by atoms with Crippen LogP contribution < -0.4 is 0 Å². The summed E-state index contributed by atoms with van der Waals surface area (Å²) >= 11 is 0. The summed E-state index contributed by atoms with van der Waals surface area (Å²) in [4.78, 5) is 11.3. The van der Waals surface area contributed by atoms with E-state index >= 15 is 0 Å². The molecule has 0 aromatic carbocycles. The Morgan fingerprint density at radius 3 is 2.62 bits per heavy atom. The van der Waals surface area contributed by atoms with Gasteiger partial charge >= 0.3 is 0 Å². The molecule has 0 radical (unpaired) electrons. The van der Waals surface area contributed by atoms with Crippen LogP contribution in [-0.4, -0.2) is 34.8 Å². The van der Waals surface area contributed by atoms with Crippen LogP contribution in [0.15, 0.2) is 11.8 Å². The lowest BCUT2D eigenvalue weighted by atomic mass is 9.80. The van der Waals surface area contributed by atoms with Gasteiger partial charge in [-0.25, -0.2) is 0 Å². The first kappa shape index (κ1) is 10.2. The van der Waals surface area contributed by atoms with E-state index in [1.54, 1.807) is 6.92 Å². The van der Waals surface area contributed by atoms with Gasteiger partial charge in [0, 0.05) is 12.0 Å². The molecule has 1 aliphatic carbocycles. The summed E-state index contributed by atoms with van der Waals surface area (Å²) in [7, 11) is 1.43. The molecule has 0 fully saturated rings. The van der Waals surface area contributed by atoms with Crippen LogP contribution in [0.2, 0.25) is 0 Å². The van der Waals surface area contributed by atoms with Crippen molar-refractivity contribution in [2.24, 2.45) is 5.92 Å². The third-order valence-electron chi connectivity index (χ3n) is 2.51. The number of aliphatic hydroxyl groups excluding tert-OH is 1. The van der Waals surface area contributed by atoms with Crippen LogP contribution in [0, 0.1) is 5.92 Å². The van der Waals surface area contributed by atoms with Crippen molar-refractivity contribution in [1.82, 2.24) is 0 Å². The van der Waals surface area contributed by atoms with Gasteiger partial charge in [0.15, 0.2) is 11.4 Å². The second-order valence-electron chi connectivity index (χ2n) is 3.50. The van der Waals surface area contributed by atoms with Gasteiger partial charge in [-0.15, -0.1) is 0 Å². The first-order valence-electron chi connectivity index (χ1n) is 4.11. The highest BCUT2D eigenvalue weighted by Crippen LogP contribution is 2.30. The molecule has 0 aromatic rings. The standard InChI is InChI=1S/C9H14O4/c1-5-6(13-3)4-7(10)9(2,12)8(5)11/h4-5,8,11-12H,1-3H3/t5-,8-,9+/m0/s1. The number of ketones is 1. The normalized spacial score (nSPS) is 40.1. The van der Waals surface area contributed by atoms with E-state index in [-0.39, 0.29) is 5.92 Å². The monoisotopic (exact) mass is 186 g/mol. The van der Waals surface area contributed by atoms with E-state index in [9.17, 15) is 15.0 Å². The number of hydrogen-bond donors (Lipinski definition) is 2. The third kappa shape index (κ3) is 1.47. The molecule has 0 aromatic heterocycles. The van der Waals surface area contributed by atoms with E-state index in [0.717, 1.165) is 0 Å². The summed E-state index contributed by atoms with van der Waals surface area (Å²) in [5, 5.41) is 19.2. The molecular weight excluding hydrogens is 172 g/mol. The summed E-state index contributed by atoms with van der Waals surface area (Å²) in [5.74, 6) is -0.475. The smallest absolute Gasteiger partial charge is 0.192 e. The van der Waals surface area contributed by atoms with Gasteiger partial charge in [-0.1, -0.05) is 6.92 Å². The predicted octanol–water partition coefficient (Wildman–Crippen LogP) is -0.153. The Morgan fingerprint density at radius 2 is 2.15 bits per heavy atom. The number of carbonyl (C=O) groups is 1. The van der Waals surface area contributed by atoms with Crippen molar-refractivity contribution in [2.45, 2.75) is 25.6 Å². The molecule has 0 aliphatic heterocycles. The third-order valence-corrected chi connectivity index (χ3v) is 2.51. The average molecular weight is 186 g/mol. The van der Waals surface area contributed by atoms with Crippen molar-refractivity contribution in [1.29, 1.82) is 0 Å². The quantitative estimate of drug-likeness (QED) is 0.597. The van der Waals surface area contributed by atoms with Crippen LogP contribution in [0.1, 0.15) is 13.8 Å². The van der Waals surface area contributed by atoms with Gasteiger partial charge in [-0.3, -0.25) is 4.79 Å². The van der Waals surface area contributed by atoms with E-state index < -0.39 is 17.5 Å². The van der Waals surface area contributed by atoms with Crippen molar-refractivity contribution in [3.05, 3.63) is 11.8 Å². The molecule has 0 heterocycles. The fourth-order valence-corrected chi connectivity index (χ4v) is 1.44. The molecule has 0 spiro atoms. The van der Waals surface area contributed by atoms with Crippen molar-refractivity contribution in [2.75, 3.05) is 7.11 Å². The summed E-state index contributed by atoms with van der Waals surface area (Å²) < 4.78 is 4.91. The second-order valence-corrected chi connectivity index (χ2v) is 3.50. The highest BCUT2D eigenvalue weighted by molar-refractivity contribution is 5.98. The Morgan fingerprint density at radius 1 is 1.62 bits per heavy atom. The van der Waals surface area contributed by atoms with Crippen LogP contribution in [0.3, 0.4) is 0 Å². The lowest BCUT2D eigenvalue weighted by Gasteiger charge is -2.35. The Balaban J connectivity index is 3.06. The maximum atomic E-state index is 11.3. The summed E-state index contributed by atoms with van der Waals surface area (Å²) in [5.41, 5.74) is -1.69. The van der Waals surface area contributed by atoms with E-state index in [1.165, 1.54) is 20.1 Å². The van der Waals surface area contributed by atoms with Crippen molar-refractivity contribution in [3.8, 4) is 0 Å². The van der Waals surface area contributed by atoms with Crippen LogP contribution >= 0.6 is 0 Å². The zero-order valence-corrected chi connectivity index (χ0v) is 7.94. The molecule has 1 rings (SSSR count). The van der Waals surface area contributed by atoms with E-state index in [4.69, 9.17) is 4.74 Å². The van der Waals surface area contributed by atoms with Crippen molar-refractivity contribution in [3.63, 3.8) is 0 Å². The van der Waals surface area contributed by atoms with Crippen molar-refractivity contribution >= 4 is 5.78 Å². The SMILES string of the molecule is COC1=CC(=O)[C@@](C)(O)[C@@H](O)[C@H]1C. The molecule has 1 aliphatic rings. The highest BCUT2D eigenvalue weighted by atomic mass is 16.5. The van der Waals surface area contributed by atoms with Crippen molar-refractivity contribution < 1.29 is 19.7 Å². The molecule has 3 atom stereocenters. The fraction of sp³-hybridized carbons (Fsp3) is 0.667. The average Bonchev–Trinajstić information content (AvgIpc) is 2.09. The molecule has 74 valence electrons. The minimum Gasteiger partial charge on any atom is -0.501 e. The van der Waals surface area contributed by atoms with Gasteiger partial charge in [0.2, 0.25) is 0 Å². The Labute approximate surface area is 76.8 Å². The lowest BCUT2D eigenvalue weighted by molar-refractivity contribution is -0.149. The molecule has 0 amide bonds. The van der Waals surface area contributed by atoms with Gasteiger partial charge in [0.25, 0.3) is 0 Å². The first-order chi connectivity index (χ1) is 5.91. The molecule has 0 bridgehead atoms. The fourth-order valence-electron chi connectivity index (χ4n) is 1.44. The number of ether oxygens (including phenoxy) is 1. The lowest BCUT2D eigenvalue weighted by Crippen LogP contribution is -2.52. The first-order valence-corrected chi connectivity index (χ1v) is 4.11. The Hall–Kier alpha value is -0.870. The number of methoxy groups -OCH3 is 1. The number of carbonyl (C=O) groups excluding carboxylic acids is 1. The maximum absolute atomic E-state index is 11.3. The van der Waals surface area contributed by atoms with E-state index in [0.29, 0.717) is 5.76 Å². The molecular formula is C9H14O4. The zero-order chi connectivity index (χ0) is 10.2. The second kappa shape index (κ2) is 3.12. The molecule has 0 saturated heterocycles. The largest absolute Gasteiger partial charge is 0.501 e. The molecule has 2 N–H and O–H groups in total. The minimum atomic E-state index is -1.69. The van der Waals surface area contributed by atoms with Gasteiger partial charge < -0.3 is 14.9 Å². The van der Waals surface area contributed by atoms with E-state index in [2.05, 4.69) is 0 Å². The Bertz CT molecular complexity index is 254. The summed E-state index contributed by atoms with van der Waals surface area (Å²) in [6.07, 6.45) is 0.122. The highest BCUT2D eigenvalue weighted by Gasteiger charge is 2.45. The molecule has 0 unspecified atom stereocenters. The zero-order valence-electron chi connectivity index (χ0n) is 7.94. The van der Waals surface area contributed by atoms with Crippen LogP contribution in [0.4, 0.5) is 0 Å². The molecule has 4 heteroatoms. The Kier molecular flexibility index (Phi) is 2.45. The van der Waals surface area contributed by atoms with Gasteiger partial charge in [-0.05, 0) is 6.92 Å². The number of aliphatic hydroxyl groups is 2.